The molecule has 0 aliphatic carbocycles. The minimum absolute atomic E-state index is 0.0455. The van der Waals surface area contributed by atoms with Crippen LogP contribution in [-0.4, -0.2) is 55.5 Å². The number of nitrogens with two attached hydrogens (primary N) is 1. The molecule has 0 aromatic carbocycles. The monoisotopic (exact) mass is 227 g/mol. The first-order valence-electron chi connectivity index (χ1n) is 6.19. The van der Waals surface area contributed by atoms with Gasteiger partial charge in [-0.1, -0.05) is 0 Å². The number of hydrogen-bond donors (Lipinski definition) is 1. The van der Waals surface area contributed by atoms with Gasteiger partial charge in [0.05, 0.1) is 6.04 Å². The Hall–Kier alpha value is -0.610. The molecule has 1 fully saturated rings. The molecule has 16 heavy (non-hydrogen) atoms. The molecule has 2 N–H and O–H groups in total. The summed E-state index contributed by atoms with van der Waals surface area (Å²) in [4.78, 5) is 15.7. The lowest BCUT2D eigenvalue weighted by molar-refractivity contribution is -0.131. The summed E-state index contributed by atoms with van der Waals surface area (Å²) >= 11 is 0. The normalized spacial score (nSPS) is 24.1. The zero-order valence-electron chi connectivity index (χ0n) is 10.8. The van der Waals surface area contributed by atoms with Crippen LogP contribution in [-0.2, 0) is 4.79 Å². The molecule has 4 heteroatoms. The molecule has 1 aliphatic heterocycles. The molecule has 1 heterocycles. The van der Waals surface area contributed by atoms with Crippen LogP contribution in [0.2, 0.25) is 0 Å². The van der Waals surface area contributed by atoms with Crippen LogP contribution in [0.1, 0.15) is 26.2 Å². The highest BCUT2D eigenvalue weighted by atomic mass is 16.2. The fourth-order valence-electron chi connectivity index (χ4n) is 2.34. The average Bonchev–Trinajstić information content (AvgIpc) is 2.24. The van der Waals surface area contributed by atoms with Crippen LogP contribution in [0.25, 0.3) is 0 Å². The van der Waals surface area contributed by atoms with Crippen molar-refractivity contribution in [3.05, 3.63) is 0 Å². The molecule has 1 amide bonds. The van der Waals surface area contributed by atoms with Crippen LogP contribution in [0.4, 0.5) is 0 Å². The van der Waals surface area contributed by atoms with Crippen molar-refractivity contribution in [2.45, 2.75) is 32.2 Å². The Bertz CT molecular complexity index is 230. The van der Waals surface area contributed by atoms with Gasteiger partial charge in [-0.2, -0.15) is 0 Å². The highest BCUT2D eigenvalue weighted by Crippen LogP contribution is 2.18. The molecule has 2 unspecified atom stereocenters. The number of likely N-dealkylation sites (N-methyl/N-ethyl adjacent to an activating group) is 1. The molecule has 0 bridgehead atoms. The van der Waals surface area contributed by atoms with E-state index < -0.39 is 0 Å². The van der Waals surface area contributed by atoms with Crippen molar-refractivity contribution in [2.75, 3.05) is 33.7 Å². The minimum atomic E-state index is -0.376. The number of piperidine rings is 1. The SMILES string of the molecule is CC(N)C(=O)N(C)CCC1CCCN(C)C1. The zero-order chi connectivity index (χ0) is 12.1. The fourth-order valence-corrected chi connectivity index (χ4v) is 2.34. The van der Waals surface area contributed by atoms with E-state index in [9.17, 15) is 4.79 Å². The number of amides is 1. The zero-order valence-corrected chi connectivity index (χ0v) is 10.8. The number of hydrogen-bond acceptors (Lipinski definition) is 3. The van der Waals surface area contributed by atoms with Gasteiger partial charge >= 0.3 is 0 Å². The van der Waals surface area contributed by atoms with E-state index in [0.717, 1.165) is 18.9 Å². The molecule has 0 saturated carbocycles. The van der Waals surface area contributed by atoms with Crippen LogP contribution in [0, 0.1) is 5.92 Å². The summed E-state index contributed by atoms with van der Waals surface area (Å²) in [6, 6.07) is -0.376. The van der Waals surface area contributed by atoms with Gasteiger partial charge in [0.1, 0.15) is 0 Å². The van der Waals surface area contributed by atoms with Crippen molar-refractivity contribution in [2.24, 2.45) is 11.7 Å². The summed E-state index contributed by atoms with van der Waals surface area (Å²) in [5.74, 6) is 0.784. The predicted octanol–water partition coefficient (Wildman–Crippen LogP) is 0.524. The molecule has 4 nitrogen and oxygen atoms in total. The van der Waals surface area contributed by atoms with E-state index in [2.05, 4.69) is 11.9 Å². The highest BCUT2D eigenvalue weighted by molar-refractivity contribution is 5.80. The van der Waals surface area contributed by atoms with Gasteiger partial charge in [0, 0.05) is 20.1 Å². The Morgan fingerprint density at radius 3 is 2.88 bits per heavy atom. The summed E-state index contributed by atoms with van der Waals surface area (Å²) in [7, 11) is 4.02. The van der Waals surface area contributed by atoms with Crippen molar-refractivity contribution in [3.63, 3.8) is 0 Å². The third kappa shape index (κ3) is 4.10. The molecule has 0 spiro atoms. The van der Waals surface area contributed by atoms with Gasteiger partial charge < -0.3 is 15.5 Å². The Kier molecular flexibility index (Phi) is 5.22. The lowest BCUT2D eigenvalue weighted by Gasteiger charge is -2.31. The molecule has 2 atom stereocenters. The summed E-state index contributed by atoms with van der Waals surface area (Å²) in [5.41, 5.74) is 5.57. The van der Waals surface area contributed by atoms with Crippen LogP contribution in [0.15, 0.2) is 0 Å². The lowest BCUT2D eigenvalue weighted by atomic mass is 9.95. The second-order valence-corrected chi connectivity index (χ2v) is 5.11. The maximum absolute atomic E-state index is 11.6. The van der Waals surface area contributed by atoms with E-state index in [1.807, 2.05) is 7.05 Å². The summed E-state index contributed by atoms with van der Waals surface area (Å²) in [6.45, 7) is 4.96. The van der Waals surface area contributed by atoms with Crippen molar-refractivity contribution in [1.29, 1.82) is 0 Å². The van der Waals surface area contributed by atoms with Crippen molar-refractivity contribution >= 4 is 5.91 Å². The quantitative estimate of drug-likeness (QED) is 0.762. The van der Waals surface area contributed by atoms with E-state index in [1.165, 1.54) is 25.9 Å². The Morgan fingerprint density at radius 1 is 1.62 bits per heavy atom. The number of nitrogens with zero attached hydrogens (tertiary/aromatic N) is 2. The topological polar surface area (TPSA) is 49.6 Å². The molecular weight excluding hydrogens is 202 g/mol. The van der Waals surface area contributed by atoms with Crippen LogP contribution >= 0.6 is 0 Å². The number of carbonyl (C=O) groups is 1. The summed E-state index contributed by atoms with van der Waals surface area (Å²) in [6.07, 6.45) is 3.68. The van der Waals surface area contributed by atoms with Gasteiger partial charge in [0.2, 0.25) is 5.91 Å². The van der Waals surface area contributed by atoms with Crippen molar-refractivity contribution < 1.29 is 4.79 Å². The lowest BCUT2D eigenvalue weighted by Crippen LogP contribution is -2.41. The Labute approximate surface area is 98.8 Å². The Morgan fingerprint density at radius 2 is 2.31 bits per heavy atom. The van der Waals surface area contributed by atoms with Gasteiger partial charge in [0.15, 0.2) is 0 Å². The Balaban J connectivity index is 2.25. The smallest absolute Gasteiger partial charge is 0.238 e. The summed E-state index contributed by atoms with van der Waals surface area (Å²) < 4.78 is 0. The average molecular weight is 227 g/mol. The van der Waals surface area contributed by atoms with E-state index in [-0.39, 0.29) is 11.9 Å². The van der Waals surface area contributed by atoms with E-state index in [4.69, 9.17) is 5.73 Å². The maximum atomic E-state index is 11.6. The van der Waals surface area contributed by atoms with Gasteiger partial charge in [-0.15, -0.1) is 0 Å². The molecule has 0 aromatic rings. The number of likely N-dealkylation sites (tertiary alicyclic amines) is 1. The predicted molar refractivity (Wildman–Crippen MR) is 66.1 cm³/mol. The number of rotatable bonds is 4. The molecule has 0 aromatic heterocycles. The third-order valence-electron chi connectivity index (χ3n) is 3.36. The van der Waals surface area contributed by atoms with E-state index in [1.54, 1.807) is 11.8 Å². The second-order valence-electron chi connectivity index (χ2n) is 5.11. The molecular formula is C12H25N3O. The first-order chi connectivity index (χ1) is 7.50. The van der Waals surface area contributed by atoms with Crippen LogP contribution in [0.3, 0.4) is 0 Å². The largest absolute Gasteiger partial charge is 0.344 e. The first kappa shape index (κ1) is 13.5. The van der Waals surface area contributed by atoms with Gasteiger partial charge in [-0.3, -0.25) is 4.79 Å². The first-order valence-corrected chi connectivity index (χ1v) is 6.19. The summed E-state index contributed by atoms with van der Waals surface area (Å²) in [5, 5.41) is 0. The standard InChI is InChI=1S/C12H25N3O/c1-10(13)12(16)15(3)8-6-11-5-4-7-14(2)9-11/h10-11H,4-9,13H2,1-3H3. The van der Waals surface area contributed by atoms with Crippen LogP contribution < -0.4 is 5.73 Å². The van der Waals surface area contributed by atoms with E-state index in [0.29, 0.717) is 0 Å². The van der Waals surface area contributed by atoms with Crippen molar-refractivity contribution in [1.82, 2.24) is 9.80 Å². The fraction of sp³-hybridized carbons (Fsp3) is 0.917. The van der Waals surface area contributed by atoms with E-state index >= 15 is 0 Å². The second kappa shape index (κ2) is 6.21. The molecule has 1 saturated heterocycles. The van der Waals surface area contributed by atoms with Gasteiger partial charge in [0.25, 0.3) is 0 Å². The number of carbonyl (C=O) groups excluding carboxylic acids is 1. The van der Waals surface area contributed by atoms with Gasteiger partial charge in [-0.25, -0.2) is 0 Å². The molecule has 1 aliphatic rings. The minimum Gasteiger partial charge on any atom is -0.344 e. The molecule has 0 radical (unpaired) electrons. The van der Waals surface area contributed by atoms with Crippen molar-refractivity contribution in [3.8, 4) is 0 Å². The molecule has 1 rings (SSSR count). The maximum Gasteiger partial charge on any atom is 0.238 e. The highest BCUT2D eigenvalue weighted by Gasteiger charge is 2.19. The molecule has 94 valence electrons. The third-order valence-corrected chi connectivity index (χ3v) is 3.36. The van der Waals surface area contributed by atoms with Crippen LogP contribution in [0.5, 0.6) is 0 Å². The van der Waals surface area contributed by atoms with Gasteiger partial charge in [-0.05, 0) is 45.7 Å².